The van der Waals surface area contributed by atoms with Crippen molar-refractivity contribution >= 4 is 79.2 Å². The first-order valence-corrected chi connectivity index (χ1v) is 20.2. The van der Waals surface area contributed by atoms with E-state index in [-0.39, 0.29) is 6.71 Å². The zero-order valence-electron chi connectivity index (χ0n) is 32.0. The molecule has 10 rings (SSSR count). The van der Waals surface area contributed by atoms with Crippen LogP contribution in [0.4, 0.5) is 34.1 Å². The molecule has 0 saturated carbocycles. The van der Waals surface area contributed by atoms with E-state index in [1.807, 2.05) is 6.07 Å². The first-order chi connectivity index (χ1) is 27.1. The summed E-state index contributed by atoms with van der Waals surface area (Å²) in [5.74, 6) is 0. The molecule has 0 aliphatic carbocycles. The molecule has 4 heteroatoms. The maximum Gasteiger partial charge on any atom is 0.252 e. The summed E-state index contributed by atoms with van der Waals surface area (Å²) in [4.78, 5) is 5.03. The Morgan fingerprint density at radius 2 is 1.00 bits per heavy atom. The Bertz CT molecular complexity index is 2710. The number of nitrogens with zero attached hydrogens (tertiary/aromatic N) is 2. The largest absolute Gasteiger partial charge is 0.455 e. The summed E-state index contributed by atoms with van der Waals surface area (Å²) in [7, 11) is 0. The maximum atomic E-state index is 6.45. The molecule has 3 heterocycles. The highest BCUT2D eigenvalue weighted by molar-refractivity contribution is 7.00. The van der Waals surface area contributed by atoms with E-state index >= 15 is 0 Å². The van der Waals surface area contributed by atoms with Crippen LogP contribution in [0.25, 0.3) is 33.1 Å². The van der Waals surface area contributed by atoms with Gasteiger partial charge in [0.25, 0.3) is 6.71 Å². The molecule has 0 amide bonds. The zero-order chi connectivity index (χ0) is 37.0. The summed E-state index contributed by atoms with van der Waals surface area (Å²) >= 11 is 0. The SMILES string of the molecule is CCCc1ccc(N2c3ccc(CCC)cc3B3c4cc(CCC)ccc4N(c4ccc(-c5cccc6c5oc5ccccc56)cc4)c4cccc2c43)cc1. The summed E-state index contributed by atoms with van der Waals surface area (Å²) in [5.41, 5.74) is 19.9. The van der Waals surface area contributed by atoms with Crippen LogP contribution in [0.2, 0.25) is 0 Å². The van der Waals surface area contributed by atoms with Crippen LogP contribution in [0.5, 0.6) is 0 Å². The normalized spacial score (nSPS) is 13.0. The molecule has 0 spiro atoms. The lowest BCUT2D eigenvalue weighted by atomic mass is 9.33. The first kappa shape index (κ1) is 33.6. The van der Waals surface area contributed by atoms with Crippen molar-refractivity contribution in [2.45, 2.75) is 59.3 Å². The maximum absolute atomic E-state index is 6.45. The molecule has 55 heavy (non-hydrogen) atoms. The number of rotatable bonds is 9. The molecule has 0 N–H and O–H groups in total. The highest BCUT2D eigenvalue weighted by atomic mass is 16.3. The van der Waals surface area contributed by atoms with E-state index < -0.39 is 0 Å². The summed E-state index contributed by atoms with van der Waals surface area (Å²) < 4.78 is 6.45. The number of fused-ring (bicyclic) bond motifs is 7. The fourth-order valence-electron chi connectivity index (χ4n) is 9.35. The van der Waals surface area contributed by atoms with Crippen LogP contribution in [-0.4, -0.2) is 6.71 Å². The Hall–Kier alpha value is -6.00. The summed E-state index contributed by atoms with van der Waals surface area (Å²) in [6.07, 6.45) is 6.62. The smallest absolute Gasteiger partial charge is 0.252 e. The molecule has 3 nitrogen and oxygen atoms in total. The van der Waals surface area contributed by atoms with Crippen molar-refractivity contribution in [2.75, 3.05) is 9.80 Å². The van der Waals surface area contributed by atoms with Gasteiger partial charge in [-0.2, -0.15) is 0 Å². The monoisotopic (exact) mass is 712 g/mol. The molecule has 2 aliphatic rings. The first-order valence-electron chi connectivity index (χ1n) is 20.2. The fraction of sp³-hybridized carbons (Fsp3) is 0.176. The van der Waals surface area contributed by atoms with Gasteiger partial charge in [0.1, 0.15) is 11.2 Å². The van der Waals surface area contributed by atoms with Crippen LogP contribution in [0, 0.1) is 0 Å². The summed E-state index contributed by atoms with van der Waals surface area (Å²) in [6.45, 7) is 6.94. The molecule has 268 valence electrons. The molecule has 1 aromatic heterocycles. The van der Waals surface area contributed by atoms with Crippen molar-refractivity contribution in [2.24, 2.45) is 0 Å². The number of aryl methyl sites for hydroxylation is 3. The Morgan fingerprint density at radius 1 is 0.473 bits per heavy atom. The molecule has 0 radical (unpaired) electrons. The van der Waals surface area contributed by atoms with E-state index in [0.29, 0.717) is 0 Å². The van der Waals surface area contributed by atoms with Crippen molar-refractivity contribution in [3.63, 3.8) is 0 Å². The third-order valence-electron chi connectivity index (χ3n) is 11.8. The predicted octanol–water partition coefficient (Wildman–Crippen LogP) is 12.2. The number of anilines is 6. The zero-order valence-corrected chi connectivity index (χ0v) is 32.0. The molecule has 0 fully saturated rings. The van der Waals surface area contributed by atoms with Crippen molar-refractivity contribution in [3.8, 4) is 11.1 Å². The van der Waals surface area contributed by atoms with Crippen LogP contribution in [-0.2, 0) is 19.3 Å². The Balaban J connectivity index is 1.16. The average molecular weight is 713 g/mol. The van der Waals surface area contributed by atoms with E-state index in [4.69, 9.17) is 4.42 Å². The number of benzene rings is 7. The van der Waals surface area contributed by atoms with E-state index in [2.05, 4.69) is 170 Å². The van der Waals surface area contributed by atoms with Crippen molar-refractivity contribution in [1.29, 1.82) is 0 Å². The van der Waals surface area contributed by atoms with Gasteiger partial charge in [0.15, 0.2) is 0 Å². The molecule has 2 aliphatic heterocycles. The Morgan fingerprint density at radius 3 is 1.62 bits per heavy atom. The summed E-state index contributed by atoms with van der Waals surface area (Å²) in [5, 5.41) is 2.31. The predicted molar refractivity (Wildman–Crippen MR) is 235 cm³/mol. The molecule has 8 aromatic rings. The van der Waals surface area contributed by atoms with Crippen LogP contribution < -0.4 is 26.2 Å². The van der Waals surface area contributed by atoms with Gasteiger partial charge >= 0.3 is 0 Å². The highest BCUT2D eigenvalue weighted by Crippen LogP contribution is 2.45. The fourth-order valence-corrected chi connectivity index (χ4v) is 9.35. The minimum Gasteiger partial charge on any atom is -0.455 e. The lowest BCUT2D eigenvalue weighted by Crippen LogP contribution is -2.61. The second kappa shape index (κ2) is 13.7. The second-order valence-electron chi connectivity index (χ2n) is 15.3. The lowest BCUT2D eigenvalue weighted by molar-refractivity contribution is 0.670. The topological polar surface area (TPSA) is 19.6 Å². The lowest BCUT2D eigenvalue weighted by Gasteiger charge is -2.44. The minimum absolute atomic E-state index is 0.127. The van der Waals surface area contributed by atoms with E-state index in [1.165, 1.54) is 61.5 Å². The summed E-state index contributed by atoms with van der Waals surface area (Å²) in [6, 6.07) is 54.6. The van der Waals surface area contributed by atoms with Gasteiger partial charge in [0, 0.05) is 50.5 Å². The van der Waals surface area contributed by atoms with Gasteiger partial charge in [-0.15, -0.1) is 0 Å². The third-order valence-corrected chi connectivity index (χ3v) is 11.8. The molecule has 0 bridgehead atoms. The van der Waals surface area contributed by atoms with Gasteiger partial charge < -0.3 is 14.2 Å². The van der Waals surface area contributed by atoms with Crippen LogP contribution in [0.3, 0.4) is 0 Å². The molecule has 0 atom stereocenters. The van der Waals surface area contributed by atoms with Gasteiger partial charge in [0.05, 0.1) is 0 Å². The average Bonchev–Trinajstić information content (AvgIpc) is 3.61. The van der Waals surface area contributed by atoms with E-state index in [9.17, 15) is 0 Å². The van der Waals surface area contributed by atoms with E-state index in [1.54, 1.807) is 0 Å². The van der Waals surface area contributed by atoms with Crippen LogP contribution >= 0.6 is 0 Å². The van der Waals surface area contributed by atoms with Crippen molar-refractivity contribution < 1.29 is 4.42 Å². The van der Waals surface area contributed by atoms with Gasteiger partial charge in [-0.25, -0.2) is 0 Å². The molecule has 0 unspecified atom stereocenters. The molecule has 7 aromatic carbocycles. The minimum atomic E-state index is 0.127. The third kappa shape index (κ3) is 5.49. The molecular weight excluding hydrogens is 667 g/mol. The molecular formula is C51H45BN2O. The van der Waals surface area contributed by atoms with E-state index in [0.717, 1.165) is 77.3 Å². The second-order valence-corrected chi connectivity index (χ2v) is 15.3. The molecule has 0 saturated heterocycles. The number of furan rings is 1. The van der Waals surface area contributed by atoms with Crippen LogP contribution in [0.15, 0.2) is 150 Å². The van der Waals surface area contributed by atoms with Gasteiger partial charge in [-0.3, -0.25) is 0 Å². The Kier molecular flexibility index (Phi) is 8.36. The van der Waals surface area contributed by atoms with Crippen molar-refractivity contribution in [3.05, 3.63) is 162 Å². The van der Waals surface area contributed by atoms with Gasteiger partial charge in [-0.05, 0) is 113 Å². The highest BCUT2D eigenvalue weighted by Gasteiger charge is 2.43. The standard InChI is InChI=1S/C51H45BN2O/c1-4-11-34-20-26-38(27-21-34)53-45-30-22-35(12-5-2)32-43(45)52-44-33-36(13-6-3)23-31-46(44)54(48-18-10-17-47(53)50(48)52)39-28-24-37(25-29-39)40-15-9-16-42-41-14-7-8-19-49(41)55-51(40)42/h7-10,14-33H,4-6,11-13H2,1-3H3. The van der Waals surface area contributed by atoms with Crippen molar-refractivity contribution in [1.82, 2.24) is 0 Å². The number of hydrogen-bond donors (Lipinski definition) is 0. The van der Waals surface area contributed by atoms with Gasteiger partial charge in [-0.1, -0.05) is 131 Å². The van der Waals surface area contributed by atoms with Crippen LogP contribution in [0.1, 0.15) is 56.7 Å². The Labute approximate surface area is 324 Å². The van der Waals surface area contributed by atoms with Gasteiger partial charge in [0.2, 0.25) is 0 Å². The number of hydrogen-bond acceptors (Lipinski definition) is 3. The quantitative estimate of drug-likeness (QED) is 0.139. The number of para-hydroxylation sites is 2.